The molecule has 1 unspecified atom stereocenters. The molecule has 1 atom stereocenters. The van der Waals surface area contributed by atoms with Crippen molar-refractivity contribution in [1.29, 1.82) is 0 Å². The second-order valence-corrected chi connectivity index (χ2v) is 6.75. The van der Waals surface area contributed by atoms with E-state index in [4.69, 9.17) is 0 Å². The molecule has 160 valence electrons. The number of alkyl halides is 3. The Hall–Kier alpha value is -1.23. The lowest BCUT2D eigenvalue weighted by Crippen LogP contribution is -2.45. The molecular formula is C19H31F3IN5. The number of benzene rings is 1. The predicted octanol–water partition coefficient (Wildman–Crippen LogP) is 3.32. The first kappa shape index (κ1) is 24.8. The highest BCUT2D eigenvalue weighted by molar-refractivity contribution is 14.0. The van der Waals surface area contributed by atoms with Gasteiger partial charge < -0.3 is 15.5 Å². The van der Waals surface area contributed by atoms with Crippen molar-refractivity contribution in [3.63, 3.8) is 0 Å². The van der Waals surface area contributed by atoms with Gasteiger partial charge in [-0.2, -0.15) is 13.2 Å². The topological polar surface area (TPSA) is 42.9 Å². The molecule has 9 heteroatoms. The summed E-state index contributed by atoms with van der Waals surface area (Å²) in [6.45, 7) is 4.75. The number of guanidine groups is 1. The van der Waals surface area contributed by atoms with Gasteiger partial charge >= 0.3 is 6.18 Å². The van der Waals surface area contributed by atoms with Crippen LogP contribution in [-0.2, 0) is 0 Å². The summed E-state index contributed by atoms with van der Waals surface area (Å²) >= 11 is 0. The molecule has 1 saturated heterocycles. The first-order chi connectivity index (χ1) is 12.9. The van der Waals surface area contributed by atoms with Gasteiger partial charge in [-0.25, -0.2) is 0 Å². The predicted molar refractivity (Wildman–Crippen MR) is 120 cm³/mol. The van der Waals surface area contributed by atoms with Crippen LogP contribution in [0.2, 0.25) is 0 Å². The zero-order chi connectivity index (χ0) is 19.7. The molecule has 0 radical (unpaired) electrons. The molecule has 1 heterocycles. The Kier molecular flexibility index (Phi) is 10.9. The van der Waals surface area contributed by atoms with Crippen molar-refractivity contribution in [2.24, 2.45) is 4.99 Å². The van der Waals surface area contributed by atoms with Gasteiger partial charge in [-0.1, -0.05) is 18.2 Å². The molecule has 0 aromatic heterocycles. The summed E-state index contributed by atoms with van der Waals surface area (Å²) in [6.07, 6.45) is -2.51. The SMILES string of the molecule is CCN(CCCNC(=NC)NC1CCN(CC(F)(F)F)C1)c1ccccc1.I. The van der Waals surface area contributed by atoms with E-state index in [2.05, 4.69) is 39.6 Å². The van der Waals surface area contributed by atoms with E-state index < -0.39 is 12.7 Å². The van der Waals surface area contributed by atoms with Gasteiger partial charge in [0.2, 0.25) is 0 Å². The fourth-order valence-corrected chi connectivity index (χ4v) is 3.32. The molecular weight excluding hydrogens is 482 g/mol. The van der Waals surface area contributed by atoms with Gasteiger partial charge in [0.15, 0.2) is 5.96 Å². The van der Waals surface area contributed by atoms with Crippen LogP contribution in [-0.4, -0.2) is 69.4 Å². The molecule has 1 fully saturated rings. The smallest absolute Gasteiger partial charge is 0.372 e. The van der Waals surface area contributed by atoms with Crippen molar-refractivity contribution < 1.29 is 13.2 Å². The lowest BCUT2D eigenvalue weighted by Gasteiger charge is -2.23. The minimum absolute atomic E-state index is 0. The van der Waals surface area contributed by atoms with E-state index >= 15 is 0 Å². The number of para-hydroxylation sites is 1. The quantitative estimate of drug-likeness (QED) is 0.242. The Morgan fingerprint density at radius 3 is 2.61 bits per heavy atom. The van der Waals surface area contributed by atoms with Crippen LogP contribution in [0.1, 0.15) is 19.8 Å². The Morgan fingerprint density at radius 2 is 2.00 bits per heavy atom. The maximum Gasteiger partial charge on any atom is 0.401 e. The Labute approximate surface area is 182 Å². The number of aliphatic imine (C=N–C) groups is 1. The fraction of sp³-hybridized carbons (Fsp3) is 0.632. The minimum Gasteiger partial charge on any atom is -0.372 e. The van der Waals surface area contributed by atoms with Crippen molar-refractivity contribution >= 4 is 35.6 Å². The molecule has 28 heavy (non-hydrogen) atoms. The molecule has 0 bridgehead atoms. The Balaban J connectivity index is 0.00000392. The number of nitrogens with zero attached hydrogens (tertiary/aromatic N) is 3. The number of nitrogens with one attached hydrogen (secondary N) is 2. The number of hydrogen-bond acceptors (Lipinski definition) is 3. The van der Waals surface area contributed by atoms with Gasteiger partial charge in [-0.05, 0) is 31.9 Å². The second-order valence-electron chi connectivity index (χ2n) is 6.75. The van der Waals surface area contributed by atoms with Crippen LogP contribution in [0.15, 0.2) is 35.3 Å². The molecule has 0 spiro atoms. The molecule has 1 aliphatic heterocycles. The highest BCUT2D eigenvalue weighted by Gasteiger charge is 2.34. The summed E-state index contributed by atoms with van der Waals surface area (Å²) in [4.78, 5) is 7.93. The van der Waals surface area contributed by atoms with Crippen LogP contribution < -0.4 is 15.5 Å². The lowest BCUT2D eigenvalue weighted by atomic mass is 10.2. The van der Waals surface area contributed by atoms with Crippen LogP contribution in [0.25, 0.3) is 0 Å². The number of anilines is 1. The van der Waals surface area contributed by atoms with E-state index in [0.717, 1.165) is 26.1 Å². The Morgan fingerprint density at radius 1 is 1.29 bits per heavy atom. The summed E-state index contributed by atoms with van der Waals surface area (Å²) in [6, 6.07) is 10.3. The largest absolute Gasteiger partial charge is 0.401 e. The zero-order valence-corrected chi connectivity index (χ0v) is 18.8. The highest BCUT2D eigenvalue weighted by Crippen LogP contribution is 2.19. The number of halogens is 4. The van der Waals surface area contributed by atoms with Gasteiger partial charge in [-0.3, -0.25) is 9.89 Å². The van der Waals surface area contributed by atoms with Crippen molar-refractivity contribution in [3.05, 3.63) is 30.3 Å². The van der Waals surface area contributed by atoms with Gasteiger partial charge in [-0.15, -0.1) is 24.0 Å². The van der Waals surface area contributed by atoms with Gasteiger partial charge in [0.25, 0.3) is 0 Å². The third-order valence-electron chi connectivity index (χ3n) is 4.64. The maximum absolute atomic E-state index is 12.5. The monoisotopic (exact) mass is 513 g/mol. The lowest BCUT2D eigenvalue weighted by molar-refractivity contribution is -0.143. The fourth-order valence-electron chi connectivity index (χ4n) is 3.32. The standard InChI is InChI=1S/C19H30F3N5.HI/c1-3-27(17-8-5-4-6-9-17)12-7-11-24-18(23-2)25-16-10-13-26(14-16)15-19(20,21)22;/h4-6,8-9,16H,3,7,10-15H2,1-2H3,(H2,23,24,25);1H. The van der Waals surface area contributed by atoms with Crippen molar-refractivity contribution in [3.8, 4) is 0 Å². The number of hydrogen-bond donors (Lipinski definition) is 2. The summed E-state index contributed by atoms with van der Waals surface area (Å²) in [5.41, 5.74) is 1.21. The zero-order valence-electron chi connectivity index (χ0n) is 16.5. The van der Waals surface area contributed by atoms with Crippen LogP contribution in [0.3, 0.4) is 0 Å². The van der Waals surface area contributed by atoms with E-state index in [1.807, 2.05) is 18.2 Å². The first-order valence-electron chi connectivity index (χ1n) is 9.47. The molecule has 1 aromatic carbocycles. The molecule has 0 saturated carbocycles. The second kappa shape index (κ2) is 12.4. The van der Waals surface area contributed by atoms with E-state index in [1.165, 1.54) is 10.6 Å². The number of rotatable bonds is 8. The maximum atomic E-state index is 12.5. The first-order valence-corrected chi connectivity index (χ1v) is 9.47. The molecule has 2 N–H and O–H groups in total. The van der Waals surface area contributed by atoms with Gasteiger partial charge in [0.1, 0.15) is 0 Å². The highest BCUT2D eigenvalue weighted by atomic mass is 127. The average molecular weight is 513 g/mol. The summed E-state index contributed by atoms with van der Waals surface area (Å²) in [7, 11) is 1.68. The van der Waals surface area contributed by atoms with E-state index in [-0.39, 0.29) is 30.0 Å². The normalized spacial score (nSPS) is 17.9. The average Bonchev–Trinajstić information content (AvgIpc) is 3.06. The molecule has 1 aromatic rings. The third-order valence-corrected chi connectivity index (χ3v) is 4.64. The molecule has 1 aliphatic rings. The summed E-state index contributed by atoms with van der Waals surface area (Å²) in [5.74, 6) is 0.650. The van der Waals surface area contributed by atoms with Gasteiger partial charge in [0.05, 0.1) is 6.54 Å². The van der Waals surface area contributed by atoms with Crippen molar-refractivity contribution in [2.45, 2.75) is 32.0 Å². The molecule has 2 rings (SSSR count). The van der Waals surface area contributed by atoms with Gasteiger partial charge in [0, 0.05) is 51.5 Å². The van der Waals surface area contributed by atoms with Crippen molar-refractivity contribution in [2.75, 3.05) is 51.2 Å². The number of likely N-dealkylation sites (tertiary alicyclic amines) is 1. The minimum atomic E-state index is -4.14. The van der Waals surface area contributed by atoms with Crippen molar-refractivity contribution in [1.82, 2.24) is 15.5 Å². The van der Waals surface area contributed by atoms with E-state index in [9.17, 15) is 13.2 Å². The summed E-state index contributed by atoms with van der Waals surface area (Å²) < 4.78 is 37.5. The van der Waals surface area contributed by atoms with Crippen LogP contribution >= 0.6 is 24.0 Å². The third kappa shape index (κ3) is 8.85. The molecule has 5 nitrogen and oxygen atoms in total. The Bertz CT molecular complexity index is 583. The van der Waals surface area contributed by atoms with Crippen LogP contribution in [0.4, 0.5) is 18.9 Å². The molecule has 0 amide bonds. The van der Waals surface area contributed by atoms with Crippen LogP contribution in [0, 0.1) is 0 Å². The summed E-state index contributed by atoms with van der Waals surface area (Å²) in [5, 5.41) is 6.49. The van der Waals surface area contributed by atoms with E-state index in [1.54, 1.807) is 7.05 Å². The van der Waals surface area contributed by atoms with E-state index in [0.29, 0.717) is 25.5 Å². The van der Waals surface area contributed by atoms with Crippen LogP contribution in [0.5, 0.6) is 0 Å². The molecule has 0 aliphatic carbocycles.